The largest absolute Gasteiger partial charge is 0.353 e. The Morgan fingerprint density at radius 2 is 1.91 bits per heavy atom. The molecule has 1 aromatic carbocycles. The molecule has 0 atom stereocenters. The molecular formula is C17H27IN4O. The fraction of sp³-hybridized carbons (Fsp3) is 0.412. The number of rotatable bonds is 6. The minimum absolute atomic E-state index is 0. The van der Waals surface area contributed by atoms with Crippen molar-refractivity contribution in [3.8, 4) is 0 Å². The van der Waals surface area contributed by atoms with Crippen LogP contribution in [0.5, 0.6) is 0 Å². The van der Waals surface area contributed by atoms with E-state index in [2.05, 4.69) is 41.3 Å². The molecule has 0 aliphatic rings. The van der Waals surface area contributed by atoms with Gasteiger partial charge in [-0.05, 0) is 19.4 Å². The van der Waals surface area contributed by atoms with Crippen LogP contribution in [0.1, 0.15) is 18.1 Å². The van der Waals surface area contributed by atoms with Crippen molar-refractivity contribution < 1.29 is 4.79 Å². The van der Waals surface area contributed by atoms with Crippen molar-refractivity contribution in [3.63, 3.8) is 0 Å². The van der Waals surface area contributed by atoms with Crippen molar-refractivity contribution in [2.45, 2.75) is 20.4 Å². The standard InChI is InChI=1S/C17H26N4O.HI/c1-13(2)10-18-17(20-12-16(22)21(4)5)19-11-15-8-6-7-14(3)9-15;/h6-9H,1,10-12H2,2-5H3,(H2,18,19,20);1H. The second kappa shape index (κ2) is 11.0. The molecule has 128 valence electrons. The highest BCUT2D eigenvalue weighted by Gasteiger charge is 2.05. The molecule has 2 N–H and O–H groups in total. The van der Waals surface area contributed by atoms with Gasteiger partial charge in [-0.25, -0.2) is 4.99 Å². The van der Waals surface area contributed by atoms with E-state index in [-0.39, 0.29) is 36.4 Å². The van der Waals surface area contributed by atoms with Crippen molar-refractivity contribution in [2.75, 3.05) is 27.2 Å². The smallest absolute Gasteiger partial charge is 0.241 e. The number of aliphatic imine (C=N–C) groups is 1. The van der Waals surface area contributed by atoms with Crippen LogP contribution >= 0.6 is 24.0 Å². The van der Waals surface area contributed by atoms with Gasteiger partial charge >= 0.3 is 0 Å². The number of benzene rings is 1. The topological polar surface area (TPSA) is 56.7 Å². The van der Waals surface area contributed by atoms with Crippen LogP contribution in [0.2, 0.25) is 0 Å². The summed E-state index contributed by atoms with van der Waals surface area (Å²) in [6.45, 7) is 9.25. The molecule has 0 aliphatic heterocycles. The number of halogens is 1. The lowest BCUT2D eigenvalue weighted by Crippen LogP contribution is -2.43. The Balaban J connectivity index is 0.00000484. The first kappa shape index (κ1) is 21.4. The third-order valence-corrected chi connectivity index (χ3v) is 2.97. The molecule has 0 fully saturated rings. The van der Waals surface area contributed by atoms with Crippen molar-refractivity contribution in [3.05, 3.63) is 47.5 Å². The molecule has 23 heavy (non-hydrogen) atoms. The Hall–Kier alpha value is -1.57. The molecule has 0 spiro atoms. The lowest BCUT2D eigenvalue weighted by molar-refractivity contribution is -0.127. The van der Waals surface area contributed by atoms with E-state index in [1.54, 1.807) is 19.0 Å². The Morgan fingerprint density at radius 3 is 2.48 bits per heavy atom. The lowest BCUT2D eigenvalue weighted by Gasteiger charge is -2.15. The van der Waals surface area contributed by atoms with Gasteiger partial charge in [0.1, 0.15) is 0 Å². The van der Waals surface area contributed by atoms with E-state index in [1.807, 2.05) is 19.1 Å². The molecule has 0 aromatic heterocycles. The second-order valence-electron chi connectivity index (χ2n) is 5.61. The monoisotopic (exact) mass is 430 g/mol. The molecule has 1 aromatic rings. The highest BCUT2D eigenvalue weighted by atomic mass is 127. The van der Waals surface area contributed by atoms with Gasteiger partial charge < -0.3 is 15.5 Å². The van der Waals surface area contributed by atoms with E-state index in [4.69, 9.17) is 0 Å². The van der Waals surface area contributed by atoms with Gasteiger partial charge in [0, 0.05) is 20.6 Å². The average Bonchev–Trinajstić information content (AvgIpc) is 2.45. The zero-order valence-electron chi connectivity index (χ0n) is 14.3. The summed E-state index contributed by atoms with van der Waals surface area (Å²) in [7, 11) is 3.46. The maximum atomic E-state index is 11.7. The summed E-state index contributed by atoms with van der Waals surface area (Å²) in [5.74, 6) is 0.611. The van der Waals surface area contributed by atoms with Gasteiger partial charge in [-0.15, -0.1) is 24.0 Å². The molecule has 0 saturated carbocycles. The van der Waals surface area contributed by atoms with Crippen molar-refractivity contribution in [1.29, 1.82) is 0 Å². The maximum absolute atomic E-state index is 11.7. The SMILES string of the molecule is C=C(C)CNC(=NCc1cccc(C)c1)NCC(=O)N(C)C.I. The predicted octanol–water partition coefficient (Wildman–Crippen LogP) is 2.31. The normalized spacial score (nSPS) is 10.5. The number of guanidine groups is 1. The molecule has 0 bridgehead atoms. The number of carbonyl (C=O) groups excluding carboxylic acids is 1. The van der Waals surface area contributed by atoms with Crippen LogP contribution in [-0.4, -0.2) is 44.0 Å². The summed E-state index contributed by atoms with van der Waals surface area (Å²) in [6, 6.07) is 8.22. The van der Waals surface area contributed by atoms with E-state index < -0.39 is 0 Å². The molecular weight excluding hydrogens is 403 g/mol. The molecule has 0 heterocycles. The van der Waals surface area contributed by atoms with Gasteiger partial charge in [-0.1, -0.05) is 42.0 Å². The van der Waals surface area contributed by atoms with Crippen molar-refractivity contribution in [2.24, 2.45) is 4.99 Å². The van der Waals surface area contributed by atoms with Crippen LogP contribution in [0.3, 0.4) is 0 Å². The number of hydrogen-bond acceptors (Lipinski definition) is 2. The number of nitrogens with one attached hydrogen (secondary N) is 2. The number of likely N-dealkylation sites (N-methyl/N-ethyl adjacent to an activating group) is 1. The van der Waals surface area contributed by atoms with Gasteiger partial charge in [0.15, 0.2) is 5.96 Å². The summed E-state index contributed by atoms with van der Waals surface area (Å²) in [6.07, 6.45) is 0. The number of aryl methyl sites for hydroxylation is 1. The van der Waals surface area contributed by atoms with Crippen molar-refractivity contribution in [1.82, 2.24) is 15.5 Å². The molecule has 0 radical (unpaired) electrons. The molecule has 6 heteroatoms. The predicted molar refractivity (Wildman–Crippen MR) is 107 cm³/mol. The number of carbonyl (C=O) groups is 1. The minimum atomic E-state index is 0. The zero-order valence-corrected chi connectivity index (χ0v) is 16.7. The lowest BCUT2D eigenvalue weighted by atomic mass is 10.1. The van der Waals surface area contributed by atoms with E-state index in [1.165, 1.54) is 5.56 Å². The van der Waals surface area contributed by atoms with Gasteiger partial charge in [0.25, 0.3) is 0 Å². The fourth-order valence-corrected chi connectivity index (χ4v) is 1.71. The molecule has 0 unspecified atom stereocenters. The highest BCUT2D eigenvalue weighted by Crippen LogP contribution is 2.05. The summed E-state index contributed by atoms with van der Waals surface area (Å²) in [5, 5.41) is 6.21. The average molecular weight is 430 g/mol. The van der Waals surface area contributed by atoms with Crippen LogP contribution in [0.4, 0.5) is 0 Å². The van der Waals surface area contributed by atoms with E-state index >= 15 is 0 Å². The van der Waals surface area contributed by atoms with E-state index in [9.17, 15) is 4.79 Å². The minimum Gasteiger partial charge on any atom is -0.353 e. The van der Waals surface area contributed by atoms with Gasteiger partial charge in [0.2, 0.25) is 5.91 Å². The van der Waals surface area contributed by atoms with Crippen LogP contribution in [0, 0.1) is 6.92 Å². The third-order valence-electron chi connectivity index (χ3n) is 2.97. The first-order valence-corrected chi connectivity index (χ1v) is 7.30. The van der Waals surface area contributed by atoms with Crippen LogP contribution in [-0.2, 0) is 11.3 Å². The van der Waals surface area contributed by atoms with Crippen molar-refractivity contribution >= 4 is 35.8 Å². The Kier molecular flexibility index (Phi) is 10.3. The number of amides is 1. The summed E-state index contributed by atoms with van der Waals surface area (Å²) in [4.78, 5) is 17.7. The quantitative estimate of drug-likeness (QED) is 0.315. The molecule has 0 saturated heterocycles. The number of hydrogen-bond donors (Lipinski definition) is 2. The number of nitrogens with zero attached hydrogens (tertiary/aromatic N) is 2. The fourth-order valence-electron chi connectivity index (χ4n) is 1.71. The van der Waals surface area contributed by atoms with Crippen LogP contribution in [0.15, 0.2) is 41.4 Å². The summed E-state index contributed by atoms with van der Waals surface area (Å²) >= 11 is 0. The molecule has 5 nitrogen and oxygen atoms in total. The van der Waals surface area contributed by atoms with Crippen LogP contribution in [0.25, 0.3) is 0 Å². The van der Waals surface area contributed by atoms with Gasteiger partial charge in [-0.2, -0.15) is 0 Å². The first-order chi connectivity index (χ1) is 10.4. The Labute approximate surface area is 156 Å². The maximum Gasteiger partial charge on any atom is 0.241 e. The first-order valence-electron chi connectivity index (χ1n) is 7.30. The van der Waals surface area contributed by atoms with Gasteiger partial charge in [-0.3, -0.25) is 4.79 Å². The Morgan fingerprint density at radius 1 is 1.26 bits per heavy atom. The van der Waals surface area contributed by atoms with E-state index in [0.29, 0.717) is 19.0 Å². The zero-order chi connectivity index (χ0) is 16.5. The second-order valence-corrected chi connectivity index (χ2v) is 5.61. The van der Waals surface area contributed by atoms with E-state index in [0.717, 1.165) is 11.1 Å². The summed E-state index contributed by atoms with van der Waals surface area (Å²) < 4.78 is 0. The molecule has 1 amide bonds. The Bertz CT molecular complexity index is 555. The third kappa shape index (κ3) is 9.22. The van der Waals surface area contributed by atoms with Crippen LogP contribution < -0.4 is 10.6 Å². The molecule has 1 rings (SSSR count). The molecule has 0 aliphatic carbocycles. The highest BCUT2D eigenvalue weighted by molar-refractivity contribution is 14.0. The summed E-state index contributed by atoms with van der Waals surface area (Å²) in [5.41, 5.74) is 3.35. The van der Waals surface area contributed by atoms with Gasteiger partial charge in [0.05, 0.1) is 13.1 Å².